The van der Waals surface area contributed by atoms with Crippen molar-refractivity contribution in [1.29, 1.82) is 0 Å². The van der Waals surface area contributed by atoms with Crippen LogP contribution in [0.1, 0.15) is 59.8 Å². The van der Waals surface area contributed by atoms with Crippen LogP contribution in [0.15, 0.2) is 34.7 Å². The first-order valence-electron chi connectivity index (χ1n) is 12.4. The molecule has 2 aromatic heterocycles. The molecule has 1 atom stereocenters. The maximum Gasteiger partial charge on any atom is 0.311 e. The predicted octanol–water partition coefficient (Wildman–Crippen LogP) is 4.11. The van der Waals surface area contributed by atoms with Crippen molar-refractivity contribution >= 4 is 34.2 Å². The summed E-state index contributed by atoms with van der Waals surface area (Å²) in [5.41, 5.74) is 2.97. The van der Waals surface area contributed by atoms with Crippen LogP contribution in [0.25, 0.3) is 22.4 Å². The molecule has 204 valence electrons. The lowest BCUT2D eigenvalue weighted by atomic mass is 9.95. The van der Waals surface area contributed by atoms with Crippen LogP contribution in [0.5, 0.6) is 0 Å². The SMILES string of the molecule is CNC(=O)c1c(-c2ccc(C)cc2)oc2nc(CN(CCOCC(C)(C)C(=O)O)S(=O)O)c(C3CC3)cc12. The monoisotopic (exact) mass is 543 g/mol. The number of benzene rings is 1. The summed E-state index contributed by atoms with van der Waals surface area (Å²) < 4.78 is 35.0. The number of aromatic nitrogens is 1. The number of nitrogens with zero attached hydrogens (tertiary/aromatic N) is 2. The lowest BCUT2D eigenvalue weighted by Gasteiger charge is -2.21. The van der Waals surface area contributed by atoms with E-state index in [0.29, 0.717) is 22.4 Å². The van der Waals surface area contributed by atoms with Crippen molar-refractivity contribution in [3.8, 4) is 11.3 Å². The number of furan rings is 1. The number of aryl methyl sites for hydroxylation is 1. The zero-order valence-electron chi connectivity index (χ0n) is 21.9. The number of pyridine rings is 1. The van der Waals surface area contributed by atoms with Gasteiger partial charge in [0.2, 0.25) is 17.0 Å². The van der Waals surface area contributed by atoms with Gasteiger partial charge in [0.15, 0.2) is 0 Å². The van der Waals surface area contributed by atoms with Gasteiger partial charge >= 0.3 is 5.97 Å². The Balaban J connectivity index is 1.66. The number of hydrogen-bond acceptors (Lipinski definition) is 6. The standard InChI is InChI=1S/C27H33N3O7S/c1-16-5-7-18(8-6-16)23-22(24(31)28-4)20-13-19(17-9-10-17)21(29-25(20)37-23)14-30(38(34)35)11-12-36-15-27(2,3)26(32)33/h5-8,13,17H,9-12,14-15H2,1-4H3,(H,28,31)(H,32,33)(H,34,35). The number of carbonyl (C=O) groups is 2. The normalized spacial score (nSPS) is 14.7. The van der Waals surface area contributed by atoms with Crippen molar-refractivity contribution < 1.29 is 32.6 Å². The van der Waals surface area contributed by atoms with Crippen LogP contribution in [0, 0.1) is 12.3 Å². The minimum Gasteiger partial charge on any atom is -0.481 e. The Kier molecular flexibility index (Phi) is 8.31. The van der Waals surface area contributed by atoms with Gasteiger partial charge in [-0.25, -0.2) is 9.19 Å². The Morgan fingerprint density at radius 2 is 1.95 bits per heavy atom. The van der Waals surface area contributed by atoms with Crippen molar-refractivity contribution in [2.24, 2.45) is 5.41 Å². The molecule has 0 spiro atoms. The molecule has 38 heavy (non-hydrogen) atoms. The molecule has 0 saturated heterocycles. The van der Waals surface area contributed by atoms with E-state index in [0.717, 1.165) is 29.5 Å². The Hall–Kier alpha value is -3.12. The van der Waals surface area contributed by atoms with Gasteiger partial charge in [0.25, 0.3) is 5.91 Å². The Morgan fingerprint density at radius 1 is 1.26 bits per heavy atom. The van der Waals surface area contributed by atoms with E-state index in [-0.39, 0.29) is 43.8 Å². The minimum absolute atomic E-state index is 0.0256. The second-order valence-electron chi connectivity index (χ2n) is 10.2. The summed E-state index contributed by atoms with van der Waals surface area (Å²) in [7, 11) is 1.57. The third kappa shape index (κ3) is 6.12. The minimum atomic E-state index is -2.31. The lowest BCUT2D eigenvalue weighted by Crippen LogP contribution is -2.33. The zero-order valence-corrected chi connectivity index (χ0v) is 22.8. The van der Waals surface area contributed by atoms with Gasteiger partial charge in [-0.05, 0) is 51.2 Å². The summed E-state index contributed by atoms with van der Waals surface area (Å²) in [4.78, 5) is 28.9. The number of ether oxygens (including phenoxy) is 1. The van der Waals surface area contributed by atoms with E-state index in [4.69, 9.17) is 14.1 Å². The summed E-state index contributed by atoms with van der Waals surface area (Å²) >= 11 is -2.31. The number of amides is 1. The lowest BCUT2D eigenvalue weighted by molar-refractivity contribution is -0.150. The third-order valence-corrected chi connectivity index (χ3v) is 7.41. The van der Waals surface area contributed by atoms with Crippen LogP contribution in [0.2, 0.25) is 0 Å². The number of carbonyl (C=O) groups excluding carboxylic acids is 1. The number of carboxylic acids is 1. The van der Waals surface area contributed by atoms with Gasteiger partial charge in [0.1, 0.15) is 5.76 Å². The average Bonchev–Trinajstić information content (AvgIpc) is 3.65. The van der Waals surface area contributed by atoms with Gasteiger partial charge in [-0.2, -0.15) is 4.31 Å². The molecule has 0 bridgehead atoms. The molecule has 1 aliphatic carbocycles. The first-order chi connectivity index (χ1) is 18.0. The number of carboxylic acid groups (broad SMARTS) is 1. The molecule has 4 rings (SSSR count). The van der Waals surface area contributed by atoms with E-state index >= 15 is 0 Å². The number of aliphatic carboxylic acids is 1. The van der Waals surface area contributed by atoms with E-state index in [1.165, 1.54) is 4.31 Å². The summed E-state index contributed by atoms with van der Waals surface area (Å²) in [6, 6.07) is 9.60. The van der Waals surface area contributed by atoms with E-state index in [1.54, 1.807) is 20.9 Å². The maximum atomic E-state index is 12.9. The first-order valence-corrected chi connectivity index (χ1v) is 13.5. The highest BCUT2D eigenvalue weighted by molar-refractivity contribution is 7.76. The van der Waals surface area contributed by atoms with Crippen molar-refractivity contribution in [1.82, 2.24) is 14.6 Å². The topological polar surface area (TPSA) is 142 Å². The Labute approximate surface area is 223 Å². The van der Waals surface area contributed by atoms with E-state index in [1.807, 2.05) is 37.3 Å². The molecular weight excluding hydrogens is 510 g/mol. The van der Waals surface area contributed by atoms with E-state index < -0.39 is 22.7 Å². The largest absolute Gasteiger partial charge is 0.481 e. The average molecular weight is 544 g/mol. The summed E-state index contributed by atoms with van der Waals surface area (Å²) in [6.45, 7) is 5.29. The molecule has 2 heterocycles. The van der Waals surface area contributed by atoms with E-state index in [2.05, 4.69) is 5.32 Å². The summed E-state index contributed by atoms with van der Waals surface area (Å²) in [6.07, 6.45) is 1.93. The number of hydrogen-bond donors (Lipinski definition) is 3. The zero-order chi connectivity index (χ0) is 27.6. The van der Waals surface area contributed by atoms with Crippen molar-refractivity contribution in [2.75, 3.05) is 26.8 Å². The van der Waals surface area contributed by atoms with Gasteiger partial charge in [-0.3, -0.25) is 14.1 Å². The van der Waals surface area contributed by atoms with Crippen LogP contribution >= 0.6 is 0 Å². The van der Waals surface area contributed by atoms with Crippen LogP contribution in [-0.2, 0) is 27.3 Å². The Bertz CT molecular complexity index is 1360. The molecule has 0 aliphatic heterocycles. The van der Waals surface area contributed by atoms with Crippen LogP contribution in [0.3, 0.4) is 0 Å². The van der Waals surface area contributed by atoms with Crippen LogP contribution < -0.4 is 5.32 Å². The number of rotatable bonds is 12. The highest BCUT2D eigenvalue weighted by Gasteiger charge is 2.32. The van der Waals surface area contributed by atoms with Crippen LogP contribution in [-0.4, -0.2) is 61.8 Å². The highest BCUT2D eigenvalue weighted by Crippen LogP contribution is 2.44. The molecule has 1 aromatic carbocycles. The van der Waals surface area contributed by atoms with Gasteiger partial charge in [0.05, 0.1) is 41.8 Å². The smallest absolute Gasteiger partial charge is 0.311 e. The second-order valence-corrected chi connectivity index (χ2v) is 11.2. The fourth-order valence-electron chi connectivity index (χ4n) is 4.14. The molecule has 1 amide bonds. The summed E-state index contributed by atoms with van der Waals surface area (Å²) in [5, 5.41) is 12.5. The van der Waals surface area contributed by atoms with Gasteiger partial charge in [0, 0.05) is 19.2 Å². The summed E-state index contributed by atoms with van der Waals surface area (Å²) in [5.74, 6) is -0.595. The van der Waals surface area contributed by atoms with Crippen LogP contribution in [0.4, 0.5) is 0 Å². The molecule has 0 radical (unpaired) electrons. The number of nitrogens with one attached hydrogen (secondary N) is 1. The third-order valence-electron chi connectivity index (χ3n) is 6.65. The van der Waals surface area contributed by atoms with Gasteiger partial charge < -0.3 is 19.6 Å². The fourth-order valence-corrected chi connectivity index (χ4v) is 4.61. The fraction of sp³-hybridized carbons (Fsp3) is 0.444. The highest BCUT2D eigenvalue weighted by atomic mass is 32.2. The molecule has 11 heteroatoms. The molecule has 1 fully saturated rings. The molecule has 1 unspecified atom stereocenters. The first kappa shape index (κ1) is 27.9. The quantitative estimate of drug-likeness (QED) is 0.229. The second kappa shape index (κ2) is 11.3. The molecule has 3 aromatic rings. The molecule has 10 nitrogen and oxygen atoms in total. The van der Waals surface area contributed by atoms with Crippen molar-refractivity contribution in [2.45, 2.75) is 46.1 Å². The molecule has 3 N–H and O–H groups in total. The molecule has 1 aliphatic rings. The van der Waals surface area contributed by atoms with Crippen molar-refractivity contribution in [3.05, 3.63) is 52.7 Å². The van der Waals surface area contributed by atoms with Gasteiger partial charge in [-0.15, -0.1) is 0 Å². The maximum absolute atomic E-state index is 12.9. The predicted molar refractivity (Wildman–Crippen MR) is 143 cm³/mol. The van der Waals surface area contributed by atoms with E-state index in [9.17, 15) is 23.5 Å². The van der Waals surface area contributed by atoms with Gasteiger partial charge in [-0.1, -0.05) is 29.8 Å². The number of fused-ring (bicyclic) bond motifs is 1. The molecular formula is C27H33N3O7S. The van der Waals surface area contributed by atoms with Crippen molar-refractivity contribution in [3.63, 3.8) is 0 Å². The molecule has 1 saturated carbocycles. The Morgan fingerprint density at radius 3 is 2.53 bits per heavy atom.